The highest BCUT2D eigenvalue weighted by molar-refractivity contribution is 7.15. The first-order chi connectivity index (χ1) is 13.6. The van der Waals surface area contributed by atoms with Gasteiger partial charge in [-0.2, -0.15) is 0 Å². The molecule has 150 valence electrons. The molecule has 0 bridgehead atoms. The summed E-state index contributed by atoms with van der Waals surface area (Å²) in [6.07, 6.45) is 0. The van der Waals surface area contributed by atoms with Crippen LogP contribution in [-0.2, 0) is 22.7 Å². The molecule has 2 aromatic rings. The van der Waals surface area contributed by atoms with E-state index in [2.05, 4.69) is 37.9 Å². The first-order valence-electron chi connectivity index (χ1n) is 9.04. The normalized spacial score (nSPS) is 14.7. The van der Waals surface area contributed by atoms with Gasteiger partial charge in [-0.15, -0.1) is 10.2 Å². The fourth-order valence-corrected chi connectivity index (χ4v) is 3.60. The predicted molar refractivity (Wildman–Crippen MR) is 106 cm³/mol. The van der Waals surface area contributed by atoms with Gasteiger partial charge in [0, 0.05) is 39.8 Å². The largest absolute Gasteiger partial charge is 0.377 e. The van der Waals surface area contributed by atoms with Crippen molar-refractivity contribution in [1.29, 1.82) is 0 Å². The number of carbonyl (C=O) groups is 2. The van der Waals surface area contributed by atoms with E-state index in [9.17, 15) is 9.59 Å². The van der Waals surface area contributed by atoms with Crippen molar-refractivity contribution in [3.05, 3.63) is 40.9 Å². The minimum Gasteiger partial charge on any atom is -0.377 e. The molecular weight excluding hydrogens is 380 g/mol. The molecule has 3 rings (SSSR count). The van der Waals surface area contributed by atoms with E-state index < -0.39 is 0 Å². The monoisotopic (exact) mass is 404 g/mol. The summed E-state index contributed by atoms with van der Waals surface area (Å²) >= 11 is 1.24. The van der Waals surface area contributed by atoms with Crippen molar-refractivity contribution in [1.82, 2.24) is 25.3 Å². The van der Waals surface area contributed by atoms with Crippen molar-refractivity contribution < 1.29 is 14.3 Å². The fraction of sp³-hybridized carbons (Fsp3) is 0.444. The minimum atomic E-state index is -0.337. The molecule has 10 heteroatoms. The third kappa shape index (κ3) is 5.98. The Kier molecular flexibility index (Phi) is 7.29. The standard InChI is InChI=1S/C18H24N6O3S/c1-27-13-16-21-22-17(28-16)20-15(25)11-19-18(26)24-9-7-23(8-10-24)12-14-5-3-2-4-6-14/h2-6H,7-13H2,1H3,(H,19,26)(H,20,22,25). The second-order valence-electron chi connectivity index (χ2n) is 6.39. The average molecular weight is 404 g/mol. The highest BCUT2D eigenvalue weighted by Gasteiger charge is 2.21. The van der Waals surface area contributed by atoms with Gasteiger partial charge in [-0.3, -0.25) is 15.0 Å². The second kappa shape index (κ2) is 10.1. The number of anilines is 1. The molecule has 1 fully saturated rings. The van der Waals surface area contributed by atoms with Crippen LogP contribution in [0.3, 0.4) is 0 Å². The zero-order valence-corrected chi connectivity index (χ0v) is 16.6. The van der Waals surface area contributed by atoms with Gasteiger partial charge in [0.15, 0.2) is 0 Å². The van der Waals surface area contributed by atoms with Crippen molar-refractivity contribution in [2.45, 2.75) is 13.2 Å². The van der Waals surface area contributed by atoms with E-state index in [0.29, 0.717) is 29.8 Å². The second-order valence-corrected chi connectivity index (χ2v) is 7.45. The topological polar surface area (TPSA) is 99.7 Å². The van der Waals surface area contributed by atoms with Crippen molar-refractivity contribution in [2.75, 3.05) is 45.2 Å². The fourth-order valence-electron chi connectivity index (χ4n) is 2.87. The van der Waals surface area contributed by atoms with Gasteiger partial charge in [0.2, 0.25) is 11.0 Å². The number of methoxy groups -OCH3 is 1. The van der Waals surface area contributed by atoms with E-state index in [-0.39, 0.29) is 18.5 Å². The summed E-state index contributed by atoms with van der Waals surface area (Å²) in [5.41, 5.74) is 1.27. The molecule has 1 aliphatic heterocycles. The molecule has 0 saturated carbocycles. The number of urea groups is 1. The Morgan fingerprint density at radius 1 is 1.14 bits per heavy atom. The van der Waals surface area contributed by atoms with Gasteiger partial charge in [0.1, 0.15) is 11.6 Å². The van der Waals surface area contributed by atoms with Crippen LogP contribution in [0.1, 0.15) is 10.6 Å². The van der Waals surface area contributed by atoms with Crippen molar-refractivity contribution in [3.63, 3.8) is 0 Å². The summed E-state index contributed by atoms with van der Waals surface area (Å²) in [4.78, 5) is 28.3. The molecule has 0 aliphatic carbocycles. The van der Waals surface area contributed by atoms with E-state index in [1.54, 1.807) is 12.0 Å². The Balaban J connectivity index is 1.36. The molecule has 0 spiro atoms. The summed E-state index contributed by atoms with van der Waals surface area (Å²) in [7, 11) is 1.57. The molecule has 1 aliphatic rings. The van der Waals surface area contributed by atoms with Gasteiger partial charge in [-0.25, -0.2) is 4.79 Å². The lowest BCUT2D eigenvalue weighted by molar-refractivity contribution is -0.115. The molecule has 28 heavy (non-hydrogen) atoms. The molecule has 3 amide bonds. The quantitative estimate of drug-likeness (QED) is 0.718. The molecule has 0 radical (unpaired) electrons. The Labute approximate surface area is 167 Å². The van der Waals surface area contributed by atoms with E-state index in [4.69, 9.17) is 4.74 Å². The number of piperazine rings is 1. The van der Waals surface area contributed by atoms with Crippen LogP contribution in [0.25, 0.3) is 0 Å². The van der Waals surface area contributed by atoms with Gasteiger partial charge < -0.3 is 15.0 Å². The lowest BCUT2D eigenvalue weighted by atomic mass is 10.2. The van der Waals surface area contributed by atoms with E-state index in [1.165, 1.54) is 16.9 Å². The van der Waals surface area contributed by atoms with Gasteiger partial charge >= 0.3 is 6.03 Å². The Morgan fingerprint density at radius 3 is 2.61 bits per heavy atom. The number of amides is 3. The van der Waals surface area contributed by atoms with Crippen LogP contribution in [0.15, 0.2) is 30.3 Å². The van der Waals surface area contributed by atoms with Gasteiger partial charge in [-0.05, 0) is 5.56 Å². The molecule has 0 atom stereocenters. The maximum atomic E-state index is 12.3. The number of ether oxygens (including phenoxy) is 1. The third-order valence-electron chi connectivity index (χ3n) is 4.29. The van der Waals surface area contributed by atoms with Crippen LogP contribution in [0.2, 0.25) is 0 Å². The Bertz CT molecular complexity index is 777. The molecule has 2 N–H and O–H groups in total. The maximum Gasteiger partial charge on any atom is 0.317 e. The van der Waals surface area contributed by atoms with E-state index >= 15 is 0 Å². The van der Waals surface area contributed by atoms with Gasteiger partial charge in [0.25, 0.3) is 0 Å². The summed E-state index contributed by atoms with van der Waals surface area (Å²) in [5.74, 6) is -0.337. The van der Waals surface area contributed by atoms with Gasteiger partial charge in [0.05, 0.1) is 6.54 Å². The van der Waals surface area contributed by atoms with Crippen molar-refractivity contribution in [3.8, 4) is 0 Å². The number of hydrogen-bond donors (Lipinski definition) is 2. The van der Waals surface area contributed by atoms with Crippen LogP contribution < -0.4 is 10.6 Å². The molecule has 9 nitrogen and oxygen atoms in total. The number of rotatable bonds is 7. The number of hydrogen-bond acceptors (Lipinski definition) is 7. The third-order valence-corrected chi connectivity index (χ3v) is 5.10. The highest BCUT2D eigenvalue weighted by atomic mass is 32.1. The van der Waals surface area contributed by atoms with Crippen LogP contribution in [-0.4, -0.2) is 71.8 Å². The summed E-state index contributed by atoms with van der Waals surface area (Å²) in [6.45, 7) is 4.01. The van der Waals surface area contributed by atoms with Gasteiger partial charge in [-0.1, -0.05) is 41.7 Å². The van der Waals surface area contributed by atoms with Crippen molar-refractivity contribution >= 4 is 28.4 Å². The number of benzene rings is 1. The van der Waals surface area contributed by atoms with Crippen LogP contribution in [0.5, 0.6) is 0 Å². The first kappa shape index (κ1) is 20.2. The molecule has 1 aromatic carbocycles. The Hall–Kier alpha value is -2.56. The zero-order chi connectivity index (χ0) is 19.8. The van der Waals surface area contributed by atoms with Crippen molar-refractivity contribution in [2.24, 2.45) is 0 Å². The highest BCUT2D eigenvalue weighted by Crippen LogP contribution is 2.15. The average Bonchev–Trinajstić information content (AvgIpc) is 3.14. The molecule has 2 heterocycles. The predicted octanol–water partition coefficient (Wildman–Crippen LogP) is 1.15. The molecule has 0 unspecified atom stereocenters. The smallest absolute Gasteiger partial charge is 0.317 e. The Morgan fingerprint density at radius 2 is 1.89 bits per heavy atom. The minimum absolute atomic E-state index is 0.109. The summed E-state index contributed by atoms with van der Waals surface area (Å²) in [6, 6.07) is 10.0. The summed E-state index contributed by atoms with van der Waals surface area (Å²) < 4.78 is 4.96. The maximum absolute atomic E-state index is 12.3. The number of carbonyl (C=O) groups excluding carboxylic acids is 2. The molecular formula is C18H24N6O3S. The lowest BCUT2D eigenvalue weighted by Crippen LogP contribution is -2.52. The number of nitrogens with zero attached hydrogens (tertiary/aromatic N) is 4. The molecule has 1 aromatic heterocycles. The van der Waals surface area contributed by atoms with Crippen LogP contribution in [0, 0.1) is 0 Å². The number of aromatic nitrogens is 2. The van der Waals surface area contributed by atoms with E-state index in [0.717, 1.165) is 19.6 Å². The zero-order valence-electron chi connectivity index (χ0n) is 15.8. The van der Waals surface area contributed by atoms with Crippen LogP contribution in [0.4, 0.5) is 9.93 Å². The first-order valence-corrected chi connectivity index (χ1v) is 9.86. The molecule has 1 saturated heterocycles. The van der Waals surface area contributed by atoms with E-state index in [1.807, 2.05) is 18.2 Å². The SMILES string of the molecule is COCc1nnc(NC(=O)CNC(=O)N2CCN(Cc3ccccc3)CC2)s1. The summed E-state index contributed by atoms with van der Waals surface area (Å²) in [5, 5.41) is 14.1. The number of nitrogens with one attached hydrogen (secondary N) is 2. The van der Waals surface area contributed by atoms with Crippen LogP contribution >= 0.6 is 11.3 Å². The lowest BCUT2D eigenvalue weighted by Gasteiger charge is -2.34.